The van der Waals surface area contributed by atoms with E-state index >= 15 is 0 Å². The van der Waals surface area contributed by atoms with E-state index in [0.29, 0.717) is 5.71 Å². The van der Waals surface area contributed by atoms with Crippen molar-refractivity contribution >= 4 is 49.3 Å². The number of aliphatic hydroxyl groups excluding tert-OH is 1. The summed E-state index contributed by atoms with van der Waals surface area (Å²) in [6.07, 6.45) is 3.13. The molecule has 0 bridgehead atoms. The molecule has 1 N–H and O–H groups in total. The summed E-state index contributed by atoms with van der Waals surface area (Å²) in [7, 11) is 0. The molecule has 6 aromatic rings. The summed E-state index contributed by atoms with van der Waals surface area (Å²) in [6.45, 7) is 7.00. The molecule has 0 spiro atoms. The zero-order valence-electron chi connectivity index (χ0n) is 21.3. The fraction of sp³-hybridized carbons (Fsp3) is 0.129. The molecule has 0 unspecified atom stereocenters. The van der Waals surface area contributed by atoms with Gasteiger partial charge in [0.25, 0.3) is 0 Å². The Balaban J connectivity index is 0.000000375. The van der Waals surface area contributed by atoms with Crippen LogP contribution in [0.5, 0.6) is 0 Å². The first-order valence-corrected chi connectivity index (χ1v) is 12.7. The van der Waals surface area contributed by atoms with Gasteiger partial charge in [-0.15, -0.1) is 29.5 Å². The number of carbonyl (C=O) groups is 1. The van der Waals surface area contributed by atoms with Crippen LogP contribution < -0.4 is 0 Å². The summed E-state index contributed by atoms with van der Waals surface area (Å²) in [5.41, 5.74) is 6.64. The van der Waals surface area contributed by atoms with E-state index < -0.39 is 0 Å². The minimum Gasteiger partial charge on any atom is -0.512 e. The van der Waals surface area contributed by atoms with Gasteiger partial charge in [-0.05, 0) is 62.0 Å². The van der Waals surface area contributed by atoms with Gasteiger partial charge in [0, 0.05) is 48.3 Å². The number of allylic oxidation sites excluding steroid dienone is 2. The number of pyridine rings is 2. The van der Waals surface area contributed by atoms with E-state index in [1.165, 1.54) is 46.0 Å². The number of rotatable bonds is 3. The second-order valence-electron chi connectivity index (χ2n) is 8.89. The van der Waals surface area contributed by atoms with Gasteiger partial charge in [0.2, 0.25) is 5.71 Å². The molecule has 1 radical (unpaired) electrons. The number of fused-ring (bicyclic) bond motifs is 4. The van der Waals surface area contributed by atoms with Gasteiger partial charge in [0.15, 0.2) is 5.78 Å². The molecule has 5 nitrogen and oxygen atoms in total. The third-order valence-corrected chi connectivity index (χ3v) is 7.26. The molecule has 6 rings (SSSR count). The van der Waals surface area contributed by atoms with Crippen LogP contribution in [0, 0.1) is 19.9 Å². The van der Waals surface area contributed by atoms with Crippen molar-refractivity contribution in [2.24, 2.45) is 0 Å². The second-order valence-corrected chi connectivity index (χ2v) is 9.94. The van der Waals surface area contributed by atoms with Crippen molar-refractivity contribution in [2.75, 3.05) is 0 Å². The van der Waals surface area contributed by atoms with Gasteiger partial charge >= 0.3 is 0 Å². The third kappa shape index (κ3) is 5.46. The van der Waals surface area contributed by atoms with Crippen LogP contribution in [0.1, 0.15) is 25.1 Å². The standard InChI is InChI=1S/C26H17N2OS.C5H8O2.Ir/c1-15-11-12-19-18-9-6-10-20(24(18)29-26(19)28-15)22-13-21-16(2)25(30-23(21)14-27-22)17-7-4-3-5-8-17;1-4(6)3-5(2)7;/h3-9,11-14H,1-2H3;3,6H,1-2H3;/q-1;;/b;4-3-;. The Morgan fingerprint density at radius 3 is 2.47 bits per heavy atom. The number of benzene rings is 2. The molecule has 0 aliphatic rings. The van der Waals surface area contributed by atoms with E-state index in [1.54, 1.807) is 11.3 Å². The molecule has 38 heavy (non-hydrogen) atoms. The van der Waals surface area contributed by atoms with Crippen LogP contribution in [0.25, 0.3) is 53.9 Å². The van der Waals surface area contributed by atoms with Gasteiger partial charge < -0.3 is 14.5 Å². The van der Waals surface area contributed by atoms with Gasteiger partial charge in [-0.25, -0.2) is 4.98 Å². The number of aromatic nitrogens is 2. The molecule has 0 aliphatic carbocycles. The molecule has 0 aliphatic heterocycles. The first kappa shape index (κ1) is 27.4. The van der Waals surface area contributed by atoms with Crippen molar-refractivity contribution in [3.8, 4) is 21.7 Å². The average Bonchev–Trinajstić information content (AvgIpc) is 3.40. The van der Waals surface area contributed by atoms with Crippen molar-refractivity contribution in [1.82, 2.24) is 9.97 Å². The molecular formula is C31H25IrN2O3S-. The van der Waals surface area contributed by atoms with Crippen molar-refractivity contribution in [1.29, 1.82) is 0 Å². The van der Waals surface area contributed by atoms with Crippen LogP contribution >= 0.6 is 11.3 Å². The minimum atomic E-state index is -0.125. The summed E-state index contributed by atoms with van der Waals surface area (Å²) >= 11 is 1.78. The Kier molecular flexibility index (Phi) is 8.22. The number of thiophene rings is 1. The second kappa shape index (κ2) is 11.4. The fourth-order valence-corrected chi connectivity index (χ4v) is 5.49. The van der Waals surface area contributed by atoms with E-state index in [1.807, 2.05) is 37.4 Å². The predicted octanol–water partition coefficient (Wildman–Crippen LogP) is 8.38. The van der Waals surface area contributed by atoms with Gasteiger partial charge in [-0.2, -0.15) is 0 Å². The molecule has 0 saturated heterocycles. The molecular weight excluding hydrogens is 673 g/mol. The quantitative estimate of drug-likeness (QED) is 0.114. The number of hydrogen-bond acceptors (Lipinski definition) is 6. The van der Waals surface area contributed by atoms with Crippen molar-refractivity contribution in [3.05, 3.63) is 96.0 Å². The fourth-order valence-electron chi connectivity index (χ4n) is 4.33. The van der Waals surface area contributed by atoms with E-state index in [4.69, 9.17) is 14.5 Å². The summed E-state index contributed by atoms with van der Waals surface area (Å²) in [5.74, 6) is -0.0625. The van der Waals surface area contributed by atoms with Crippen molar-refractivity contribution < 1.29 is 34.4 Å². The van der Waals surface area contributed by atoms with E-state index in [9.17, 15) is 4.79 Å². The number of aliphatic hydroxyl groups is 1. The van der Waals surface area contributed by atoms with Gasteiger partial charge in [0.05, 0.1) is 16.0 Å². The van der Waals surface area contributed by atoms with E-state index in [-0.39, 0.29) is 31.6 Å². The van der Waals surface area contributed by atoms with Crippen LogP contribution in [0.2, 0.25) is 0 Å². The van der Waals surface area contributed by atoms with Crippen LogP contribution in [-0.4, -0.2) is 20.9 Å². The maximum absolute atomic E-state index is 10.0. The van der Waals surface area contributed by atoms with Crippen molar-refractivity contribution in [3.63, 3.8) is 0 Å². The van der Waals surface area contributed by atoms with Crippen LogP contribution in [0.15, 0.2) is 83.1 Å². The number of nitrogens with zero attached hydrogens (tertiary/aromatic N) is 2. The summed E-state index contributed by atoms with van der Waals surface area (Å²) in [5, 5.41) is 11.6. The summed E-state index contributed by atoms with van der Waals surface area (Å²) in [4.78, 5) is 20.6. The molecule has 2 aromatic carbocycles. The first-order valence-electron chi connectivity index (χ1n) is 11.8. The SMILES string of the molecule is CC(=O)/C=C(/C)O.Cc1ccc2c(n1)oc1c(-c3cc4c(C)c(-c5ccccc5)sc4cn3)[c-]ccc12.[Ir]. The Hall–Kier alpha value is -3.64. The van der Waals surface area contributed by atoms with Crippen LogP contribution in [0.3, 0.4) is 0 Å². The number of ketones is 1. The minimum absolute atomic E-state index is 0. The van der Waals surface area contributed by atoms with Gasteiger partial charge in [-0.3, -0.25) is 4.79 Å². The monoisotopic (exact) mass is 698 g/mol. The Labute approximate surface area is 238 Å². The predicted molar refractivity (Wildman–Crippen MR) is 151 cm³/mol. The Morgan fingerprint density at radius 1 is 1.03 bits per heavy atom. The number of carbonyl (C=O) groups excluding carboxylic acids is 1. The summed E-state index contributed by atoms with van der Waals surface area (Å²) in [6, 6.07) is 24.1. The molecule has 4 heterocycles. The topological polar surface area (TPSA) is 76.2 Å². The largest absolute Gasteiger partial charge is 0.512 e. The molecule has 0 atom stereocenters. The molecule has 7 heteroatoms. The molecule has 0 saturated carbocycles. The smallest absolute Gasteiger partial charge is 0.216 e. The Morgan fingerprint density at radius 2 is 1.79 bits per heavy atom. The maximum Gasteiger partial charge on any atom is 0.216 e. The molecule has 0 fully saturated rings. The van der Waals surface area contributed by atoms with Crippen molar-refractivity contribution in [2.45, 2.75) is 27.7 Å². The zero-order valence-corrected chi connectivity index (χ0v) is 24.5. The average molecular weight is 698 g/mol. The number of hydrogen-bond donors (Lipinski definition) is 1. The van der Waals surface area contributed by atoms with E-state index in [2.05, 4.69) is 54.4 Å². The molecule has 4 aromatic heterocycles. The molecule has 193 valence electrons. The number of aryl methyl sites for hydroxylation is 2. The maximum atomic E-state index is 10.0. The number of furan rings is 1. The zero-order chi connectivity index (χ0) is 26.1. The first-order chi connectivity index (χ1) is 17.8. The van der Waals surface area contributed by atoms with Crippen LogP contribution in [0.4, 0.5) is 0 Å². The van der Waals surface area contributed by atoms with E-state index in [0.717, 1.165) is 33.3 Å². The molecule has 0 amide bonds. The normalized spacial score (nSPS) is 11.3. The van der Waals surface area contributed by atoms with Gasteiger partial charge in [-0.1, -0.05) is 47.3 Å². The third-order valence-electron chi connectivity index (χ3n) is 5.97. The van der Waals surface area contributed by atoms with Crippen LogP contribution in [-0.2, 0) is 24.9 Å². The Bertz CT molecular complexity index is 1800. The summed E-state index contributed by atoms with van der Waals surface area (Å²) < 4.78 is 7.34. The van der Waals surface area contributed by atoms with Gasteiger partial charge in [0.1, 0.15) is 0 Å².